The van der Waals surface area contributed by atoms with Gasteiger partial charge in [0.15, 0.2) is 5.82 Å². The normalized spacial score (nSPS) is 11.6. The smallest absolute Gasteiger partial charge is 0.257 e. The molecule has 0 saturated heterocycles. The lowest BCUT2D eigenvalue weighted by atomic mass is 10.1. The largest absolute Gasteiger partial charge is 0.345 e. The minimum atomic E-state index is -0.0552. The number of benzene rings is 1. The van der Waals surface area contributed by atoms with Gasteiger partial charge in [-0.3, -0.25) is 4.79 Å². The number of aromatic nitrogens is 2. The van der Waals surface area contributed by atoms with Gasteiger partial charge in [-0.2, -0.15) is 4.98 Å². The molecule has 0 radical (unpaired) electrons. The summed E-state index contributed by atoms with van der Waals surface area (Å²) in [5, 5.41) is 7.10. The van der Waals surface area contributed by atoms with Gasteiger partial charge in [-0.1, -0.05) is 11.2 Å². The fourth-order valence-corrected chi connectivity index (χ4v) is 1.87. The second kappa shape index (κ2) is 7.91. The zero-order valence-corrected chi connectivity index (χ0v) is 14.0. The van der Waals surface area contributed by atoms with Crippen LogP contribution in [0.25, 0.3) is 11.5 Å². The molecule has 0 aliphatic carbocycles. The lowest BCUT2D eigenvalue weighted by molar-refractivity contribution is 0.0827. The quantitative estimate of drug-likeness (QED) is 0.911. The molecule has 1 aromatic heterocycles. The summed E-state index contributed by atoms with van der Waals surface area (Å²) in [6.07, 6.45) is 0.691. The first-order chi connectivity index (χ1) is 10.0. The van der Waals surface area contributed by atoms with E-state index in [-0.39, 0.29) is 24.4 Å². The summed E-state index contributed by atoms with van der Waals surface area (Å²) in [7, 11) is 5.33. The van der Waals surface area contributed by atoms with Crippen LogP contribution in [0.15, 0.2) is 28.8 Å². The van der Waals surface area contributed by atoms with Crippen LogP contribution in [0.3, 0.4) is 0 Å². The second-order valence-electron chi connectivity index (χ2n) is 5.19. The fourth-order valence-electron chi connectivity index (χ4n) is 1.87. The summed E-state index contributed by atoms with van der Waals surface area (Å²) >= 11 is 0. The summed E-state index contributed by atoms with van der Waals surface area (Å²) in [4.78, 5) is 17.9. The number of carbonyl (C=O) groups excluding carboxylic acids is 1. The van der Waals surface area contributed by atoms with Gasteiger partial charge in [-0.15, -0.1) is 12.4 Å². The van der Waals surface area contributed by atoms with E-state index in [1.165, 1.54) is 4.90 Å². The monoisotopic (exact) mass is 324 g/mol. The molecule has 1 atom stereocenters. The molecule has 0 aliphatic rings. The van der Waals surface area contributed by atoms with Crippen molar-refractivity contribution in [3.8, 4) is 11.5 Å². The van der Waals surface area contributed by atoms with E-state index in [0.717, 1.165) is 5.56 Å². The number of amides is 1. The summed E-state index contributed by atoms with van der Waals surface area (Å²) in [5.74, 6) is 1.03. The molecule has 1 aromatic carbocycles. The van der Waals surface area contributed by atoms with Gasteiger partial charge in [0.1, 0.15) is 0 Å². The topological polar surface area (TPSA) is 71.3 Å². The van der Waals surface area contributed by atoms with E-state index < -0.39 is 0 Å². The van der Waals surface area contributed by atoms with Crippen LogP contribution in [-0.4, -0.2) is 48.1 Å². The van der Waals surface area contributed by atoms with Gasteiger partial charge in [0.05, 0.1) is 0 Å². The van der Waals surface area contributed by atoms with Crippen LogP contribution in [-0.2, 0) is 6.42 Å². The van der Waals surface area contributed by atoms with Gasteiger partial charge >= 0.3 is 0 Å². The number of nitrogens with one attached hydrogen (secondary N) is 1. The summed E-state index contributed by atoms with van der Waals surface area (Å²) in [6.45, 7) is 2.05. The van der Waals surface area contributed by atoms with Crippen LogP contribution < -0.4 is 5.32 Å². The highest BCUT2D eigenvalue weighted by Gasteiger charge is 2.14. The molecule has 22 heavy (non-hydrogen) atoms. The predicted molar refractivity (Wildman–Crippen MR) is 87.2 cm³/mol. The van der Waals surface area contributed by atoms with Crippen molar-refractivity contribution in [1.82, 2.24) is 20.4 Å². The van der Waals surface area contributed by atoms with Crippen LogP contribution in [0.1, 0.15) is 23.1 Å². The summed E-state index contributed by atoms with van der Waals surface area (Å²) in [6, 6.07) is 7.47. The molecule has 120 valence electrons. The van der Waals surface area contributed by atoms with Crippen LogP contribution in [0, 0.1) is 0 Å². The van der Waals surface area contributed by atoms with E-state index in [1.54, 1.807) is 26.2 Å². The highest BCUT2D eigenvalue weighted by molar-refractivity contribution is 5.94. The molecule has 1 heterocycles. The molecule has 2 aromatic rings. The van der Waals surface area contributed by atoms with Gasteiger partial charge in [0.25, 0.3) is 11.8 Å². The highest BCUT2D eigenvalue weighted by Crippen LogP contribution is 2.19. The summed E-state index contributed by atoms with van der Waals surface area (Å²) < 4.78 is 5.28. The molecule has 0 saturated carbocycles. The van der Waals surface area contributed by atoms with Crippen molar-refractivity contribution in [2.24, 2.45) is 0 Å². The first-order valence-corrected chi connectivity index (χ1v) is 6.83. The Labute approximate surface area is 136 Å². The molecular weight excluding hydrogens is 304 g/mol. The van der Waals surface area contributed by atoms with Crippen molar-refractivity contribution < 1.29 is 9.32 Å². The zero-order valence-electron chi connectivity index (χ0n) is 13.2. The molecule has 0 bridgehead atoms. The van der Waals surface area contributed by atoms with Crippen molar-refractivity contribution >= 4 is 18.3 Å². The van der Waals surface area contributed by atoms with Gasteiger partial charge in [-0.25, -0.2) is 0 Å². The first-order valence-electron chi connectivity index (χ1n) is 6.83. The number of rotatable bonds is 5. The van der Waals surface area contributed by atoms with Crippen molar-refractivity contribution in [2.75, 3.05) is 21.1 Å². The molecule has 2 rings (SSSR count). The van der Waals surface area contributed by atoms with Crippen LogP contribution >= 0.6 is 12.4 Å². The molecule has 0 fully saturated rings. The van der Waals surface area contributed by atoms with Gasteiger partial charge in [-0.05, 0) is 32.2 Å². The van der Waals surface area contributed by atoms with Crippen molar-refractivity contribution in [2.45, 2.75) is 19.4 Å². The number of nitrogens with zero attached hydrogens (tertiary/aromatic N) is 3. The van der Waals surface area contributed by atoms with Crippen LogP contribution in [0.2, 0.25) is 0 Å². The zero-order chi connectivity index (χ0) is 15.4. The third kappa shape index (κ3) is 4.29. The Morgan fingerprint density at radius 2 is 2.14 bits per heavy atom. The maximum Gasteiger partial charge on any atom is 0.257 e. The number of halogens is 1. The third-order valence-electron chi connectivity index (χ3n) is 3.21. The number of likely N-dealkylation sites (N-methyl/N-ethyl adjacent to an activating group) is 1. The Kier molecular flexibility index (Phi) is 6.52. The Balaban J connectivity index is 0.00000242. The predicted octanol–water partition coefficient (Wildman–Crippen LogP) is 2.01. The van der Waals surface area contributed by atoms with Crippen molar-refractivity contribution in [3.05, 3.63) is 35.7 Å². The molecule has 0 spiro atoms. The average Bonchev–Trinajstić information content (AvgIpc) is 2.94. The van der Waals surface area contributed by atoms with Crippen LogP contribution in [0.5, 0.6) is 0 Å². The minimum Gasteiger partial charge on any atom is -0.345 e. The summed E-state index contributed by atoms with van der Waals surface area (Å²) in [5.41, 5.74) is 1.35. The number of hydrogen-bond donors (Lipinski definition) is 1. The SMILES string of the molecule is CNC(C)Cc1noc(-c2cccc(C(=O)N(C)C)c2)n1.Cl. The van der Waals surface area contributed by atoms with Gasteiger partial charge in [0.2, 0.25) is 0 Å². The molecule has 7 heteroatoms. The van der Waals surface area contributed by atoms with Crippen LogP contribution in [0.4, 0.5) is 0 Å². The minimum absolute atomic E-state index is 0. The maximum absolute atomic E-state index is 12.0. The molecule has 6 nitrogen and oxygen atoms in total. The Bertz CT molecular complexity index is 628. The van der Waals surface area contributed by atoms with E-state index in [9.17, 15) is 4.79 Å². The van der Waals surface area contributed by atoms with E-state index in [0.29, 0.717) is 23.7 Å². The molecule has 1 N–H and O–H groups in total. The number of hydrogen-bond acceptors (Lipinski definition) is 5. The Morgan fingerprint density at radius 1 is 1.41 bits per heavy atom. The Hall–Kier alpha value is -1.92. The molecule has 1 unspecified atom stereocenters. The standard InChI is InChI=1S/C15H20N4O2.ClH/c1-10(16-2)8-13-17-14(21-18-13)11-6-5-7-12(9-11)15(20)19(3)4;/h5-7,9-10,16H,8H2,1-4H3;1H. The number of carbonyl (C=O) groups is 1. The van der Waals surface area contributed by atoms with Crippen molar-refractivity contribution in [1.29, 1.82) is 0 Å². The third-order valence-corrected chi connectivity index (χ3v) is 3.21. The maximum atomic E-state index is 12.0. The van der Waals surface area contributed by atoms with Crippen molar-refractivity contribution in [3.63, 3.8) is 0 Å². The Morgan fingerprint density at radius 3 is 2.77 bits per heavy atom. The van der Waals surface area contributed by atoms with E-state index in [4.69, 9.17) is 4.52 Å². The molecule has 0 aliphatic heterocycles. The van der Waals surface area contributed by atoms with Gasteiger partial charge in [0, 0.05) is 37.7 Å². The lowest BCUT2D eigenvalue weighted by Gasteiger charge is -2.10. The first kappa shape index (κ1) is 18.1. The average molecular weight is 325 g/mol. The fraction of sp³-hybridized carbons (Fsp3) is 0.400. The van der Waals surface area contributed by atoms with Gasteiger partial charge < -0.3 is 14.7 Å². The van der Waals surface area contributed by atoms with E-state index >= 15 is 0 Å². The lowest BCUT2D eigenvalue weighted by Crippen LogP contribution is -2.24. The second-order valence-corrected chi connectivity index (χ2v) is 5.19. The highest BCUT2D eigenvalue weighted by atomic mass is 35.5. The molecular formula is C15H21ClN4O2. The molecule has 1 amide bonds. The van der Waals surface area contributed by atoms with E-state index in [2.05, 4.69) is 15.5 Å². The van der Waals surface area contributed by atoms with E-state index in [1.807, 2.05) is 26.1 Å².